The Kier molecular flexibility index (Phi) is 3.06. The molecule has 1 amide bonds. The lowest BCUT2D eigenvalue weighted by Gasteiger charge is -2.23. The molecule has 2 aromatic heterocycles. The molecule has 1 aliphatic heterocycles. The summed E-state index contributed by atoms with van der Waals surface area (Å²) in [6.45, 7) is 1.04. The number of carbonyl (C=O) groups excluding carboxylic acids is 1. The van der Waals surface area contributed by atoms with Crippen LogP contribution in [0.1, 0.15) is 23.8 Å². The molecule has 0 saturated carbocycles. The molecular formula is C11H13N5OS. The molecule has 1 aliphatic rings. The van der Waals surface area contributed by atoms with E-state index in [1.165, 1.54) is 15.9 Å². The van der Waals surface area contributed by atoms with Crippen molar-refractivity contribution in [2.75, 3.05) is 6.54 Å². The molecule has 0 bridgehead atoms. The number of tetrazole rings is 1. The van der Waals surface area contributed by atoms with Gasteiger partial charge in [-0.1, -0.05) is 6.07 Å². The maximum absolute atomic E-state index is 12.2. The highest BCUT2D eigenvalue weighted by Gasteiger charge is 2.30. The van der Waals surface area contributed by atoms with Crippen molar-refractivity contribution in [1.29, 1.82) is 0 Å². The van der Waals surface area contributed by atoms with Crippen molar-refractivity contribution in [3.8, 4) is 0 Å². The summed E-state index contributed by atoms with van der Waals surface area (Å²) in [5.74, 6) is 0.0817. The maximum Gasteiger partial charge on any atom is 0.244 e. The third-order valence-corrected chi connectivity index (χ3v) is 4.11. The van der Waals surface area contributed by atoms with E-state index < -0.39 is 0 Å². The van der Waals surface area contributed by atoms with Crippen LogP contribution < -0.4 is 0 Å². The zero-order valence-electron chi connectivity index (χ0n) is 9.77. The number of carbonyl (C=O) groups is 1. The second kappa shape index (κ2) is 4.85. The summed E-state index contributed by atoms with van der Waals surface area (Å²) >= 11 is 1.71. The van der Waals surface area contributed by atoms with Gasteiger partial charge in [0.05, 0.1) is 6.04 Å². The van der Waals surface area contributed by atoms with Crippen molar-refractivity contribution in [3.63, 3.8) is 0 Å². The van der Waals surface area contributed by atoms with Gasteiger partial charge in [0, 0.05) is 11.4 Å². The number of hydrogen-bond donors (Lipinski definition) is 0. The molecule has 0 aromatic carbocycles. The second-order valence-corrected chi connectivity index (χ2v) is 5.25. The molecule has 1 saturated heterocycles. The van der Waals surface area contributed by atoms with Crippen molar-refractivity contribution >= 4 is 17.2 Å². The van der Waals surface area contributed by atoms with Crippen LogP contribution in [0.25, 0.3) is 0 Å². The van der Waals surface area contributed by atoms with E-state index in [9.17, 15) is 4.79 Å². The van der Waals surface area contributed by atoms with Crippen LogP contribution in [0.3, 0.4) is 0 Å². The van der Waals surface area contributed by atoms with Crippen molar-refractivity contribution in [3.05, 3.63) is 28.7 Å². The zero-order valence-corrected chi connectivity index (χ0v) is 10.6. The van der Waals surface area contributed by atoms with Crippen LogP contribution in [0, 0.1) is 0 Å². The Labute approximate surface area is 108 Å². The highest BCUT2D eigenvalue weighted by atomic mass is 32.1. The van der Waals surface area contributed by atoms with E-state index in [0.29, 0.717) is 0 Å². The summed E-state index contributed by atoms with van der Waals surface area (Å²) in [6, 6.07) is 4.36. The number of amides is 1. The minimum absolute atomic E-state index is 0.0817. The number of hydrogen-bond acceptors (Lipinski definition) is 5. The van der Waals surface area contributed by atoms with Crippen LogP contribution in [0.15, 0.2) is 23.8 Å². The van der Waals surface area contributed by atoms with Gasteiger partial charge in [0.25, 0.3) is 0 Å². The Balaban J connectivity index is 1.73. The van der Waals surface area contributed by atoms with Gasteiger partial charge in [-0.3, -0.25) is 4.79 Å². The standard InChI is InChI=1S/C11H13N5OS/c17-11(7-15-8-12-13-14-15)16-5-1-3-9(16)10-4-2-6-18-10/h2,4,6,8-9H,1,3,5,7H2/t9-/m1/s1. The first-order valence-electron chi connectivity index (χ1n) is 5.88. The van der Waals surface area contributed by atoms with E-state index in [-0.39, 0.29) is 18.5 Å². The topological polar surface area (TPSA) is 63.9 Å². The van der Waals surface area contributed by atoms with Gasteiger partial charge < -0.3 is 4.90 Å². The average Bonchev–Trinajstić information content (AvgIpc) is 3.11. The molecular weight excluding hydrogens is 250 g/mol. The molecule has 18 heavy (non-hydrogen) atoms. The molecule has 0 aliphatic carbocycles. The lowest BCUT2D eigenvalue weighted by Crippen LogP contribution is -2.33. The Morgan fingerprint density at radius 2 is 2.50 bits per heavy atom. The quantitative estimate of drug-likeness (QED) is 0.831. The van der Waals surface area contributed by atoms with Crippen LogP contribution >= 0.6 is 11.3 Å². The predicted molar refractivity (Wildman–Crippen MR) is 65.8 cm³/mol. The third kappa shape index (κ3) is 2.13. The summed E-state index contributed by atoms with van der Waals surface area (Å²) in [4.78, 5) is 15.4. The minimum atomic E-state index is 0.0817. The number of likely N-dealkylation sites (tertiary alicyclic amines) is 1. The van der Waals surface area contributed by atoms with Crippen LogP contribution in [0.5, 0.6) is 0 Å². The molecule has 0 spiro atoms. The molecule has 3 heterocycles. The predicted octanol–water partition coefficient (Wildman–Crippen LogP) is 1.10. The van der Waals surface area contributed by atoms with Crippen molar-refractivity contribution in [2.24, 2.45) is 0 Å². The summed E-state index contributed by atoms with van der Waals surface area (Å²) in [5, 5.41) is 12.8. The fourth-order valence-corrected chi connectivity index (χ4v) is 3.20. The first kappa shape index (κ1) is 11.3. The normalized spacial score (nSPS) is 19.3. The van der Waals surface area contributed by atoms with Gasteiger partial charge >= 0.3 is 0 Å². The van der Waals surface area contributed by atoms with Gasteiger partial charge in [-0.05, 0) is 34.7 Å². The van der Waals surface area contributed by atoms with Crippen LogP contribution in [-0.2, 0) is 11.3 Å². The van der Waals surface area contributed by atoms with E-state index in [1.54, 1.807) is 11.3 Å². The van der Waals surface area contributed by atoms with Gasteiger partial charge in [-0.15, -0.1) is 16.4 Å². The van der Waals surface area contributed by atoms with Crippen LogP contribution in [-0.4, -0.2) is 37.6 Å². The van der Waals surface area contributed by atoms with Gasteiger partial charge in [0.2, 0.25) is 5.91 Å². The first-order chi connectivity index (χ1) is 8.84. The van der Waals surface area contributed by atoms with Crippen molar-refractivity contribution in [2.45, 2.75) is 25.4 Å². The largest absolute Gasteiger partial charge is 0.333 e. The Bertz CT molecular complexity index is 510. The number of thiophene rings is 1. The molecule has 6 nitrogen and oxygen atoms in total. The van der Waals surface area contributed by atoms with E-state index in [1.807, 2.05) is 11.0 Å². The fourth-order valence-electron chi connectivity index (χ4n) is 2.32. The zero-order chi connectivity index (χ0) is 12.4. The number of rotatable bonds is 3. The minimum Gasteiger partial charge on any atom is -0.333 e. The molecule has 2 aromatic rings. The second-order valence-electron chi connectivity index (χ2n) is 4.27. The van der Waals surface area contributed by atoms with E-state index >= 15 is 0 Å². The van der Waals surface area contributed by atoms with Gasteiger partial charge in [0.1, 0.15) is 12.9 Å². The molecule has 0 N–H and O–H groups in total. The Morgan fingerprint density at radius 3 is 3.22 bits per heavy atom. The monoisotopic (exact) mass is 263 g/mol. The molecule has 0 unspecified atom stereocenters. The first-order valence-corrected chi connectivity index (χ1v) is 6.76. The lowest BCUT2D eigenvalue weighted by molar-refractivity contribution is -0.132. The smallest absolute Gasteiger partial charge is 0.244 e. The number of aromatic nitrogens is 4. The molecule has 1 atom stereocenters. The summed E-state index contributed by atoms with van der Waals surface area (Å²) in [6.07, 6.45) is 3.57. The van der Waals surface area contributed by atoms with E-state index in [2.05, 4.69) is 27.0 Å². The molecule has 0 radical (unpaired) electrons. The van der Waals surface area contributed by atoms with Gasteiger partial charge in [0.15, 0.2) is 0 Å². The van der Waals surface area contributed by atoms with Crippen LogP contribution in [0.2, 0.25) is 0 Å². The third-order valence-electron chi connectivity index (χ3n) is 3.13. The SMILES string of the molecule is O=C(Cn1cnnn1)N1CCC[C@@H]1c1cccs1. The molecule has 94 valence electrons. The van der Waals surface area contributed by atoms with Crippen molar-refractivity contribution < 1.29 is 4.79 Å². The molecule has 7 heteroatoms. The highest BCUT2D eigenvalue weighted by Crippen LogP contribution is 2.34. The average molecular weight is 263 g/mol. The molecule has 1 fully saturated rings. The Morgan fingerprint density at radius 1 is 1.56 bits per heavy atom. The summed E-state index contributed by atoms with van der Waals surface area (Å²) in [7, 11) is 0. The van der Waals surface area contributed by atoms with Crippen LogP contribution in [0.4, 0.5) is 0 Å². The van der Waals surface area contributed by atoms with Gasteiger partial charge in [-0.25, -0.2) is 4.68 Å². The van der Waals surface area contributed by atoms with Crippen molar-refractivity contribution in [1.82, 2.24) is 25.1 Å². The van der Waals surface area contributed by atoms with Gasteiger partial charge in [-0.2, -0.15) is 0 Å². The summed E-state index contributed by atoms with van der Waals surface area (Å²) in [5.41, 5.74) is 0. The van der Waals surface area contributed by atoms with E-state index in [0.717, 1.165) is 19.4 Å². The lowest BCUT2D eigenvalue weighted by atomic mass is 10.2. The molecule has 3 rings (SSSR count). The Hall–Kier alpha value is -1.76. The summed E-state index contributed by atoms with van der Waals surface area (Å²) < 4.78 is 1.46. The number of nitrogens with zero attached hydrogens (tertiary/aromatic N) is 5. The highest BCUT2D eigenvalue weighted by molar-refractivity contribution is 7.10. The van der Waals surface area contributed by atoms with E-state index in [4.69, 9.17) is 0 Å². The fraction of sp³-hybridized carbons (Fsp3) is 0.455. The maximum atomic E-state index is 12.2.